The summed E-state index contributed by atoms with van der Waals surface area (Å²) in [4.78, 5) is 23.8. The molecule has 2 heterocycles. The minimum atomic E-state index is -0.735. The summed E-state index contributed by atoms with van der Waals surface area (Å²) in [6, 6.07) is 4.40. The summed E-state index contributed by atoms with van der Waals surface area (Å²) in [5.74, 6) is 1.03. The summed E-state index contributed by atoms with van der Waals surface area (Å²) in [5, 5.41) is 11.2. The number of nitrogens with one attached hydrogen (secondary N) is 1. The van der Waals surface area contributed by atoms with Gasteiger partial charge in [-0.15, -0.1) is 0 Å². The highest BCUT2D eigenvalue weighted by Gasteiger charge is 2.18. The predicted molar refractivity (Wildman–Crippen MR) is 57.3 cm³/mol. The summed E-state index contributed by atoms with van der Waals surface area (Å²) in [5.41, 5.74) is -0.748. The zero-order chi connectivity index (χ0) is 12.0. The first-order valence-electron chi connectivity index (χ1n) is 4.76. The van der Waals surface area contributed by atoms with Crippen LogP contribution in [0, 0.1) is 10.1 Å². The van der Waals surface area contributed by atoms with E-state index in [1.165, 1.54) is 6.07 Å². The Labute approximate surface area is 93.7 Å². The highest BCUT2D eigenvalue weighted by atomic mass is 16.7. The van der Waals surface area contributed by atoms with Gasteiger partial charge in [-0.1, -0.05) is 0 Å². The fraction of sp³-hybridized carbons (Fsp3) is 0.100. The lowest BCUT2D eigenvalue weighted by molar-refractivity contribution is -0.386. The van der Waals surface area contributed by atoms with Crippen LogP contribution in [0.4, 0.5) is 5.69 Å². The number of benzene rings is 1. The average molecular weight is 234 g/mol. The lowest BCUT2D eigenvalue weighted by Gasteiger charge is -2.00. The monoisotopic (exact) mass is 234 g/mol. The van der Waals surface area contributed by atoms with Gasteiger partial charge in [-0.3, -0.25) is 14.9 Å². The van der Waals surface area contributed by atoms with Gasteiger partial charge in [0.1, 0.15) is 0 Å². The highest BCUT2D eigenvalue weighted by molar-refractivity contribution is 5.84. The fourth-order valence-corrected chi connectivity index (χ4v) is 1.72. The van der Waals surface area contributed by atoms with Crippen molar-refractivity contribution in [3.8, 4) is 11.5 Å². The van der Waals surface area contributed by atoms with Crippen LogP contribution >= 0.6 is 0 Å². The maximum absolute atomic E-state index is 11.4. The van der Waals surface area contributed by atoms with Crippen LogP contribution in [0.2, 0.25) is 0 Å². The molecule has 0 radical (unpaired) electrons. The summed E-state index contributed by atoms with van der Waals surface area (Å²) >= 11 is 0. The number of rotatable bonds is 1. The van der Waals surface area contributed by atoms with Crippen LogP contribution in [0.5, 0.6) is 11.5 Å². The van der Waals surface area contributed by atoms with Crippen molar-refractivity contribution in [3.05, 3.63) is 38.7 Å². The number of ether oxygens (including phenoxy) is 2. The Bertz CT molecular complexity index is 691. The Morgan fingerprint density at radius 2 is 1.94 bits per heavy atom. The SMILES string of the molecule is O=c1[nH]c2cc3c(cc2cc1[N+](=O)[O-])OCO3. The largest absolute Gasteiger partial charge is 0.454 e. The number of nitrogens with zero attached hydrogens (tertiary/aromatic N) is 1. The zero-order valence-electron chi connectivity index (χ0n) is 8.43. The summed E-state index contributed by atoms with van der Waals surface area (Å²) in [6.07, 6.45) is 0. The van der Waals surface area contributed by atoms with Gasteiger partial charge in [0, 0.05) is 17.5 Å². The van der Waals surface area contributed by atoms with E-state index < -0.39 is 16.2 Å². The van der Waals surface area contributed by atoms with E-state index in [1.807, 2.05) is 0 Å². The predicted octanol–water partition coefficient (Wildman–Crippen LogP) is 1.16. The van der Waals surface area contributed by atoms with Crippen LogP contribution in [0.15, 0.2) is 23.0 Å². The summed E-state index contributed by atoms with van der Waals surface area (Å²) in [7, 11) is 0. The molecule has 0 fully saturated rings. The van der Waals surface area contributed by atoms with Gasteiger partial charge in [-0.2, -0.15) is 0 Å². The van der Waals surface area contributed by atoms with Gasteiger partial charge < -0.3 is 14.5 Å². The third-order valence-electron chi connectivity index (χ3n) is 2.51. The number of aromatic amines is 1. The van der Waals surface area contributed by atoms with Crippen molar-refractivity contribution in [2.45, 2.75) is 0 Å². The minimum Gasteiger partial charge on any atom is -0.454 e. The number of pyridine rings is 1. The van der Waals surface area contributed by atoms with Crippen molar-refractivity contribution in [2.24, 2.45) is 0 Å². The first kappa shape index (κ1) is 9.64. The molecule has 2 aromatic rings. The van der Waals surface area contributed by atoms with Gasteiger partial charge in [-0.05, 0) is 6.07 Å². The van der Waals surface area contributed by atoms with E-state index in [1.54, 1.807) is 12.1 Å². The van der Waals surface area contributed by atoms with Crippen LogP contribution in [-0.4, -0.2) is 16.7 Å². The molecule has 3 rings (SSSR count). The van der Waals surface area contributed by atoms with Gasteiger partial charge in [-0.25, -0.2) is 0 Å². The quantitative estimate of drug-likeness (QED) is 0.590. The fourth-order valence-electron chi connectivity index (χ4n) is 1.72. The summed E-state index contributed by atoms with van der Waals surface area (Å²) < 4.78 is 10.3. The Morgan fingerprint density at radius 1 is 1.24 bits per heavy atom. The molecule has 1 aromatic heterocycles. The first-order chi connectivity index (χ1) is 8.15. The molecule has 0 saturated carbocycles. The van der Waals surface area contributed by atoms with Crippen molar-refractivity contribution in [3.63, 3.8) is 0 Å². The van der Waals surface area contributed by atoms with E-state index in [4.69, 9.17) is 9.47 Å². The third kappa shape index (κ3) is 1.40. The van der Waals surface area contributed by atoms with E-state index in [0.717, 1.165) is 0 Å². The molecule has 1 aliphatic heterocycles. The molecule has 0 aliphatic carbocycles. The Kier molecular flexibility index (Phi) is 1.82. The molecular weight excluding hydrogens is 228 g/mol. The second-order valence-corrected chi connectivity index (χ2v) is 3.53. The number of hydrogen-bond acceptors (Lipinski definition) is 5. The molecule has 0 spiro atoms. The number of H-pyrrole nitrogens is 1. The second-order valence-electron chi connectivity index (χ2n) is 3.53. The van der Waals surface area contributed by atoms with Gasteiger partial charge >= 0.3 is 11.2 Å². The van der Waals surface area contributed by atoms with Crippen molar-refractivity contribution < 1.29 is 14.4 Å². The number of fused-ring (bicyclic) bond motifs is 2. The molecule has 1 N–H and O–H groups in total. The molecule has 0 bridgehead atoms. The molecule has 0 unspecified atom stereocenters. The second kappa shape index (κ2) is 3.21. The van der Waals surface area contributed by atoms with E-state index in [9.17, 15) is 14.9 Å². The van der Waals surface area contributed by atoms with E-state index >= 15 is 0 Å². The van der Waals surface area contributed by atoms with Gasteiger partial charge in [0.25, 0.3) is 0 Å². The molecule has 7 heteroatoms. The Hall–Kier alpha value is -2.57. The lowest BCUT2D eigenvalue weighted by atomic mass is 10.2. The van der Waals surface area contributed by atoms with Crippen LogP contribution < -0.4 is 15.0 Å². The molecule has 7 nitrogen and oxygen atoms in total. The van der Waals surface area contributed by atoms with Crippen LogP contribution in [0.25, 0.3) is 10.9 Å². The molecule has 17 heavy (non-hydrogen) atoms. The Balaban J connectivity index is 2.33. The molecule has 0 amide bonds. The average Bonchev–Trinajstić information content (AvgIpc) is 2.71. The molecule has 1 aromatic carbocycles. The lowest BCUT2D eigenvalue weighted by Crippen LogP contribution is -2.10. The molecule has 1 aliphatic rings. The van der Waals surface area contributed by atoms with E-state index in [2.05, 4.69) is 4.98 Å². The molecule has 86 valence electrons. The summed E-state index contributed by atoms with van der Waals surface area (Å²) in [6.45, 7) is 0.109. The molecule has 0 atom stereocenters. The number of nitro groups is 1. The highest BCUT2D eigenvalue weighted by Crippen LogP contribution is 2.35. The zero-order valence-corrected chi connectivity index (χ0v) is 8.43. The van der Waals surface area contributed by atoms with Gasteiger partial charge in [0.2, 0.25) is 6.79 Å². The number of aromatic nitrogens is 1. The van der Waals surface area contributed by atoms with Gasteiger partial charge in [0.15, 0.2) is 11.5 Å². The van der Waals surface area contributed by atoms with Crippen LogP contribution in [0.1, 0.15) is 0 Å². The molecule has 0 saturated heterocycles. The van der Waals surface area contributed by atoms with Crippen LogP contribution in [0.3, 0.4) is 0 Å². The topological polar surface area (TPSA) is 94.5 Å². The first-order valence-corrected chi connectivity index (χ1v) is 4.76. The van der Waals surface area contributed by atoms with Crippen molar-refractivity contribution in [1.29, 1.82) is 0 Å². The van der Waals surface area contributed by atoms with Crippen LogP contribution in [-0.2, 0) is 0 Å². The maximum Gasteiger partial charge on any atom is 0.334 e. The number of hydrogen-bond donors (Lipinski definition) is 1. The smallest absolute Gasteiger partial charge is 0.334 e. The van der Waals surface area contributed by atoms with Crippen molar-refractivity contribution in [1.82, 2.24) is 4.98 Å². The molecular formula is C10H6N2O5. The maximum atomic E-state index is 11.4. The third-order valence-corrected chi connectivity index (χ3v) is 2.51. The van der Waals surface area contributed by atoms with E-state index in [-0.39, 0.29) is 6.79 Å². The Morgan fingerprint density at radius 3 is 2.65 bits per heavy atom. The van der Waals surface area contributed by atoms with E-state index in [0.29, 0.717) is 22.4 Å². The standard InChI is InChI=1S/C10H6N2O5/c13-10-7(12(14)15)1-5-2-8-9(17-4-16-8)3-6(5)11-10/h1-3H,4H2,(H,11,13). The normalized spacial score (nSPS) is 12.9. The van der Waals surface area contributed by atoms with Crippen molar-refractivity contribution in [2.75, 3.05) is 6.79 Å². The minimum absolute atomic E-state index is 0.109. The van der Waals surface area contributed by atoms with Gasteiger partial charge in [0.05, 0.1) is 10.4 Å². The van der Waals surface area contributed by atoms with Crippen molar-refractivity contribution >= 4 is 16.6 Å².